The SMILES string of the molecule is COC(=O)c1sc(N)nc1C(F)(F)F. The Kier molecular flexibility index (Phi) is 2.65. The van der Waals surface area contributed by atoms with Crippen molar-refractivity contribution in [3.8, 4) is 0 Å². The third-order valence-corrected chi connectivity index (χ3v) is 2.15. The lowest BCUT2D eigenvalue weighted by Crippen LogP contribution is -2.12. The largest absolute Gasteiger partial charge is 0.465 e. The second kappa shape index (κ2) is 3.45. The average molecular weight is 226 g/mol. The number of halogens is 3. The Bertz CT molecular complexity index is 360. The molecule has 0 fully saturated rings. The van der Waals surface area contributed by atoms with Gasteiger partial charge in [0.25, 0.3) is 0 Å². The van der Waals surface area contributed by atoms with Crippen LogP contribution in [0, 0.1) is 0 Å². The Labute approximate surface area is 80.5 Å². The summed E-state index contributed by atoms with van der Waals surface area (Å²) in [7, 11) is 0.985. The first-order valence-corrected chi connectivity index (χ1v) is 4.09. The molecule has 0 aliphatic heterocycles. The second-order valence-electron chi connectivity index (χ2n) is 2.22. The summed E-state index contributed by atoms with van der Waals surface area (Å²) in [5.74, 6) is -1.09. The van der Waals surface area contributed by atoms with Gasteiger partial charge in [-0.15, -0.1) is 0 Å². The van der Waals surface area contributed by atoms with Crippen molar-refractivity contribution >= 4 is 22.4 Å². The van der Waals surface area contributed by atoms with E-state index < -0.39 is 22.7 Å². The van der Waals surface area contributed by atoms with Crippen molar-refractivity contribution in [2.75, 3.05) is 12.8 Å². The van der Waals surface area contributed by atoms with Gasteiger partial charge in [-0.25, -0.2) is 9.78 Å². The van der Waals surface area contributed by atoms with E-state index in [4.69, 9.17) is 5.73 Å². The third kappa shape index (κ3) is 1.95. The highest BCUT2D eigenvalue weighted by molar-refractivity contribution is 7.17. The minimum Gasteiger partial charge on any atom is -0.465 e. The summed E-state index contributed by atoms with van der Waals surface area (Å²) in [6.45, 7) is 0. The normalized spacial score (nSPS) is 11.4. The van der Waals surface area contributed by atoms with Crippen LogP contribution < -0.4 is 5.73 Å². The molecule has 1 heterocycles. The van der Waals surface area contributed by atoms with E-state index in [1.165, 1.54) is 0 Å². The molecule has 78 valence electrons. The van der Waals surface area contributed by atoms with E-state index in [9.17, 15) is 18.0 Å². The van der Waals surface area contributed by atoms with E-state index >= 15 is 0 Å². The maximum Gasteiger partial charge on any atom is 0.435 e. The number of hydrogen-bond donors (Lipinski definition) is 1. The van der Waals surface area contributed by atoms with Gasteiger partial charge in [-0.2, -0.15) is 13.2 Å². The highest BCUT2D eigenvalue weighted by Crippen LogP contribution is 2.35. The molecule has 0 aliphatic rings. The average Bonchev–Trinajstić information content (AvgIpc) is 2.45. The molecular formula is C6H5F3N2O2S. The molecule has 0 amide bonds. The number of hydrogen-bond acceptors (Lipinski definition) is 5. The van der Waals surface area contributed by atoms with E-state index in [0.29, 0.717) is 11.3 Å². The van der Waals surface area contributed by atoms with E-state index in [0.717, 1.165) is 7.11 Å². The Morgan fingerprint density at radius 3 is 2.57 bits per heavy atom. The Hall–Kier alpha value is -1.31. The first-order chi connectivity index (χ1) is 6.36. The van der Waals surface area contributed by atoms with Crippen molar-refractivity contribution in [1.82, 2.24) is 4.98 Å². The minimum atomic E-state index is -4.70. The number of nitrogen functional groups attached to an aromatic ring is 1. The monoisotopic (exact) mass is 226 g/mol. The van der Waals surface area contributed by atoms with Crippen LogP contribution in [-0.2, 0) is 10.9 Å². The molecule has 8 heteroatoms. The molecule has 14 heavy (non-hydrogen) atoms. The Morgan fingerprint density at radius 1 is 1.57 bits per heavy atom. The number of thiazole rings is 1. The number of ether oxygens (including phenoxy) is 1. The predicted molar refractivity (Wildman–Crippen MR) is 42.9 cm³/mol. The lowest BCUT2D eigenvalue weighted by atomic mass is 10.3. The molecule has 0 aromatic carbocycles. The lowest BCUT2D eigenvalue weighted by Gasteiger charge is -2.03. The molecule has 0 unspecified atom stereocenters. The van der Waals surface area contributed by atoms with Crippen LogP contribution in [-0.4, -0.2) is 18.1 Å². The number of carbonyl (C=O) groups excluding carboxylic acids is 1. The van der Waals surface area contributed by atoms with E-state index in [-0.39, 0.29) is 5.13 Å². The fourth-order valence-corrected chi connectivity index (χ4v) is 1.53. The standard InChI is InChI=1S/C6H5F3N2O2S/c1-13-4(12)2-3(6(7,8)9)11-5(10)14-2/h1H3,(H2,10,11). The van der Waals surface area contributed by atoms with Crippen molar-refractivity contribution in [3.63, 3.8) is 0 Å². The zero-order chi connectivity index (χ0) is 10.9. The minimum absolute atomic E-state index is 0.322. The van der Waals surface area contributed by atoms with Crippen LogP contribution in [0.1, 0.15) is 15.4 Å². The molecule has 0 atom stereocenters. The first kappa shape index (κ1) is 10.8. The highest BCUT2D eigenvalue weighted by Gasteiger charge is 2.39. The Balaban J connectivity index is 3.23. The van der Waals surface area contributed by atoms with Crippen molar-refractivity contribution in [3.05, 3.63) is 10.6 Å². The van der Waals surface area contributed by atoms with Gasteiger partial charge >= 0.3 is 12.1 Å². The molecule has 1 aromatic rings. The van der Waals surface area contributed by atoms with Crippen molar-refractivity contribution in [2.45, 2.75) is 6.18 Å². The first-order valence-electron chi connectivity index (χ1n) is 3.28. The van der Waals surface area contributed by atoms with Gasteiger partial charge in [0.2, 0.25) is 0 Å². The summed E-state index contributed by atoms with van der Waals surface area (Å²) in [6.07, 6.45) is -4.70. The van der Waals surface area contributed by atoms with Gasteiger partial charge in [0.15, 0.2) is 10.8 Å². The second-order valence-corrected chi connectivity index (χ2v) is 3.25. The summed E-state index contributed by atoms with van der Waals surface area (Å²) in [6, 6.07) is 0. The van der Waals surface area contributed by atoms with Gasteiger partial charge < -0.3 is 10.5 Å². The van der Waals surface area contributed by atoms with Crippen molar-refractivity contribution in [2.24, 2.45) is 0 Å². The molecular weight excluding hydrogens is 221 g/mol. The Morgan fingerprint density at radius 2 is 2.14 bits per heavy atom. The van der Waals surface area contributed by atoms with Crippen molar-refractivity contribution in [1.29, 1.82) is 0 Å². The predicted octanol–water partition coefficient (Wildman–Crippen LogP) is 1.53. The molecule has 0 saturated carbocycles. The van der Waals surface area contributed by atoms with Crippen LogP contribution in [0.2, 0.25) is 0 Å². The summed E-state index contributed by atoms with van der Waals surface area (Å²) in [5, 5.41) is -0.322. The lowest BCUT2D eigenvalue weighted by molar-refractivity contribution is -0.141. The molecule has 0 saturated heterocycles. The van der Waals surface area contributed by atoms with Gasteiger partial charge in [0.1, 0.15) is 4.88 Å². The number of nitrogens with zero attached hydrogens (tertiary/aromatic N) is 1. The molecule has 1 rings (SSSR count). The molecule has 0 aliphatic carbocycles. The maximum atomic E-state index is 12.2. The number of alkyl halides is 3. The summed E-state index contributed by atoms with van der Waals surface area (Å²) in [4.78, 5) is 13.3. The van der Waals surface area contributed by atoms with Crippen LogP contribution in [0.25, 0.3) is 0 Å². The number of anilines is 1. The smallest absolute Gasteiger partial charge is 0.435 e. The molecule has 1 aromatic heterocycles. The van der Waals surface area contributed by atoms with E-state index in [1.807, 2.05) is 0 Å². The number of aromatic nitrogens is 1. The molecule has 0 radical (unpaired) electrons. The number of esters is 1. The number of methoxy groups -OCH3 is 1. The van der Waals surface area contributed by atoms with Gasteiger partial charge in [-0.05, 0) is 0 Å². The third-order valence-electron chi connectivity index (χ3n) is 1.28. The summed E-state index contributed by atoms with van der Waals surface area (Å²) >= 11 is 0.446. The fourth-order valence-electron chi connectivity index (χ4n) is 0.760. The fraction of sp³-hybridized carbons (Fsp3) is 0.333. The number of nitrogens with two attached hydrogens (primary N) is 1. The van der Waals surface area contributed by atoms with E-state index in [1.54, 1.807) is 0 Å². The van der Waals surface area contributed by atoms with Gasteiger partial charge in [-0.3, -0.25) is 0 Å². The maximum absolute atomic E-state index is 12.2. The van der Waals surface area contributed by atoms with E-state index in [2.05, 4.69) is 9.72 Å². The molecule has 0 spiro atoms. The number of carbonyl (C=O) groups is 1. The molecule has 0 bridgehead atoms. The van der Waals surface area contributed by atoms with Crippen LogP contribution in [0.4, 0.5) is 18.3 Å². The zero-order valence-electron chi connectivity index (χ0n) is 6.88. The molecule has 2 N–H and O–H groups in total. The number of rotatable bonds is 1. The summed E-state index contributed by atoms with van der Waals surface area (Å²) in [5.41, 5.74) is 3.77. The summed E-state index contributed by atoms with van der Waals surface area (Å²) < 4.78 is 40.9. The van der Waals surface area contributed by atoms with Crippen LogP contribution in [0.15, 0.2) is 0 Å². The quantitative estimate of drug-likeness (QED) is 0.737. The topological polar surface area (TPSA) is 65.2 Å². The molecule has 4 nitrogen and oxygen atoms in total. The van der Waals surface area contributed by atoms with Crippen LogP contribution >= 0.6 is 11.3 Å². The highest BCUT2D eigenvalue weighted by atomic mass is 32.1. The van der Waals surface area contributed by atoms with Gasteiger partial charge in [-0.1, -0.05) is 11.3 Å². The van der Waals surface area contributed by atoms with Crippen LogP contribution in [0.5, 0.6) is 0 Å². The van der Waals surface area contributed by atoms with Gasteiger partial charge in [0, 0.05) is 0 Å². The van der Waals surface area contributed by atoms with Crippen LogP contribution in [0.3, 0.4) is 0 Å². The van der Waals surface area contributed by atoms with Crippen molar-refractivity contribution < 1.29 is 22.7 Å². The zero-order valence-corrected chi connectivity index (χ0v) is 7.70. The van der Waals surface area contributed by atoms with Gasteiger partial charge in [0.05, 0.1) is 7.11 Å².